The van der Waals surface area contributed by atoms with Gasteiger partial charge in [0.2, 0.25) is 0 Å². The molecule has 2 aromatic carbocycles. The van der Waals surface area contributed by atoms with Gasteiger partial charge >= 0.3 is 0 Å². The van der Waals surface area contributed by atoms with Crippen LogP contribution in [0.2, 0.25) is 10.0 Å². The highest BCUT2D eigenvalue weighted by atomic mass is 35.5. The number of rotatable bonds is 3. The quantitative estimate of drug-likeness (QED) is 0.799. The van der Waals surface area contributed by atoms with Crippen LogP contribution >= 0.6 is 23.2 Å². The van der Waals surface area contributed by atoms with Crippen LogP contribution in [0, 0.1) is 0 Å². The molecule has 7 heteroatoms. The standard InChI is InChI=1S/C15H11Cl2N3O2/c16-9-5-6-12(17)11(7-9)14(21)8-20-15(22)10-3-1-2-4-13(10)18-19-20/h1-7,14,21H,8H2. The fraction of sp³-hybridized carbons (Fsp3) is 0.133. The summed E-state index contributed by atoms with van der Waals surface area (Å²) in [5.41, 5.74) is 0.637. The molecule has 0 fully saturated rings. The highest BCUT2D eigenvalue weighted by molar-refractivity contribution is 6.33. The average molecular weight is 336 g/mol. The Morgan fingerprint density at radius 3 is 2.77 bits per heavy atom. The summed E-state index contributed by atoms with van der Waals surface area (Å²) < 4.78 is 1.12. The second-order valence-electron chi connectivity index (χ2n) is 4.78. The van der Waals surface area contributed by atoms with Gasteiger partial charge in [0.15, 0.2) is 0 Å². The van der Waals surface area contributed by atoms with Crippen molar-refractivity contribution in [1.29, 1.82) is 0 Å². The summed E-state index contributed by atoms with van der Waals surface area (Å²) in [5, 5.41) is 19.4. The molecule has 0 saturated heterocycles. The molecule has 0 aliphatic rings. The van der Waals surface area contributed by atoms with Gasteiger partial charge in [-0.05, 0) is 30.3 Å². The lowest BCUT2D eigenvalue weighted by molar-refractivity contribution is 0.148. The number of hydrogen-bond donors (Lipinski definition) is 1. The Hall–Kier alpha value is -1.95. The van der Waals surface area contributed by atoms with E-state index in [-0.39, 0.29) is 12.1 Å². The van der Waals surface area contributed by atoms with Crippen LogP contribution in [-0.2, 0) is 6.54 Å². The third-order valence-corrected chi connectivity index (χ3v) is 3.87. The monoisotopic (exact) mass is 335 g/mol. The smallest absolute Gasteiger partial charge is 0.277 e. The predicted molar refractivity (Wildman–Crippen MR) is 85.2 cm³/mol. The van der Waals surface area contributed by atoms with E-state index in [0.717, 1.165) is 4.68 Å². The van der Waals surface area contributed by atoms with Crippen molar-refractivity contribution in [1.82, 2.24) is 15.0 Å². The molecule has 3 aromatic rings. The van der Waals surface area contributed by atoms with Gasteiger partial charge in [-0.3, -0.25) is 4.79 Å². The van der Waals surface area contributed by atoms with Crippen LogP contribution in [-0.4, -0.2) is 20.1 Å². The second-order valence-corrected chi connectivity index (χ2v) is 5.62. The molecule has 1 atom stereocenters. The first-order valence-electron chi connectivity index (χ1n) is 6.52. The van der Waals surface area contributed by atoms with Crippen molar-refractivity contribution in [3.63, 3.8) is 0 Å². The third-order valence-electron chi connectivity index (χ3n) is 3.29. The molecule has 5 nitrogen and oxygen atoms in total. The normalized spacial score (nSPS) is 12.5. The van der Waals surface area contributed by atoms with Gasteiger partial charge in [-0.1, -0.05) is 40.5 Å². The zero-order valence-corrected chi connectivity index (χ0v) is 12.8. The van der Waals surface area contributed by atoms with Crippen molar-refractivity contribution in [2.75, 3.05) is 0 Å². The summed E-state index contributed by atoms with van der Waals surface area (Å²) in [6.45, 7) is -0.0588. The molecule has 0 amide bonds. The van der Waals surface area contributed by atoms with Gasteiger partial charge in [0.05, 0.1) is 11.9 Å². The van der Waals surface area contributed by atoms with Crippen molar-refractivity contribution < 1.29 is 5.11 Å². The third kappa shape index (κ3) is 2.83. The lowest BCUT2D eigenvalue weighted by atomic mass is 10.1. The van der Waals surface area contributed by atoms with E-state index < -0.39 is 6.10 Å². The second kappa shape index (κ2) is 6.04. The number of aliphatic hydroxyl groups is 1. The van der Waals surface area contributed by atoms with E-state index in [1.807, 2.05) is 0 Å². The van der Waals surface area contributed by atoms with E-state index in [4.69, 9.17) is 23.2 Å². The van der Waals surface area contributed by atoms with Crippen LogP contribution in [0.15, 0.2) is 47.3 Å². The molecule has 0 aliphatic carbocycles. The largest absolute Gasteiger partial charge is 0.386 e. The van der Waals surface area contributed by atoms with E-state index in [0.29, 0.717) is 26.5 Å². The minimum atomic E-state index is -1.01. The number of aromatic nitrogens is 3. The molecule has 1 N–H and O–H groups in total. The highest BCUT2D eigenvalue weighted by Crippen LogP contribution is 2.27. The zero-order chi connectivity index (χ0) is 15.7. The Morgan fingerprint density at radius 1 is 1.18 bits per heavy atom. The van der Waals surface area contributed by atoms with Gasteiger partial charge in [-0.2, -0.15) is 0 Å². The molecule has 0 bridgehead atoms. The topological polar surface area (TPSA) is 68.0 Å². The lowest BCUT2D eigenvalue weighted by Crippen LogP contribution is -2.27. The van der Waals surface area contributed by atoms with Crippen molar-refractivity contribution in [2.45, 2.75) is 12.6 Å². The number of fused-ring (bicyclic) bond motifs is 1. The molecule has 0 saturated carbocycles. The molecule has 1 aromatic heterocycles. The van der Waals surface area contributed by atoms with E-state index in [1.165, 1.54) is 0 Å². The Bertz CT molecular complexity index is 895. The molecular weight excluding hydrogens is 325 g/mol. The minimum absolute atomic E-state index is 0.0588. The lowest BCUT2D eigenvalue weighted by Gasteiger charge is -2.13. The number of halogens is 2. The summed E-state index contributed by atoms with van der Waals surface area (Å²) in [4.78, 5) is 12.3. The van der Waals surface area contributed by atoms with Crippen LogP contribution in [0.3, 0.4) is 0 Å². The minimum Gasteiger partial charge on any atom is -0.386 e. The van der Waals surface area contributed by atoms with Gasteiger partial charge in [0.1, 0.15) is 11.6 Å². The predicted octanol–water partition coefficient (Wildman–Crippen LogP) is 2.83. The molecule has 3 rings (SSSR count). The van der Waals surface area contributed by atoms with E-state index in [9.17, 15) is 9.90 Å². The summed E-state index contributed by atoms with van der Waals surface area (Å²) >= 11 is 12.0. The fourth-order valence-electron chi connectivity index (χ4n) is 2.18. The zero-order valence-electron chi connectivity index (χ0n) is 11.3. The van der Waals surface area contributed by atoms with Crippen LogP contribution in [0.25, 0.3) is 10.9 Å². The van der Waals surface area contributed by atoms with E-state index in [2.05, 4.69) is 10.3 Å². The molecule has 1 unspecified atom stereocenters. The van der Waals surface area contributed by atoms with Crippen LogP contribution in [0.5, 0.6) is 0 Å². The fourth-order valence-corrected chi connectivity index (χ4v) is 2.60. The summed E-state index contributed by atoms with van der Waals surface area (Å²) in [5.74, 6) is 0. The molecule has 0 radical (unpaired) electrons. The van der Waals surface area contributed by atoms with Crippen molar-refractivity contribution in [3.8, 4) is 0 Å². The average Bonchev–Trinajstić information content (AvgIpc) is 2.52. The van der Waals surface area contributed by atoms with Crippen molar-refractivity contribution in [3.05, 3.63) is 68.4 Å². The Labute approximate surface area is 135 Å². The Balaban J connectivity index is 1.97. The number of hydrogen-bond acceptors (Lipinski definition) is 4. The van der Waals surface area contributed by atoms with Gasteiger partial charge in [-0.15, -0.1) is 5.10 Å². The van der Waals surface area contributed by atoms with Crippen LogP contribution in [0.1, 0.15) is 11.7 Å². The van der Waals surface area contributed by atoms with Gasteiger partial charge < -0.3 is 5.11 Å². The van der Waals surface area contributed by atoms with E-state index in [1.54, 1.807) is 42.5 Å². The SMILES string of the molecule is O=c1c2ccccc2nnn1CC(O)c1cc(Cl)ccc1Cl. The number of benzene rings is 2. The molecule has 0 aliphatic heterocycles. The summed E-state index contributed by atoms with van der Waals surface area (Å²) in [7, 11) is 0. The van der Waals surface area contributed by atoms with Crippen molar-refractivity contribution in [2.24, 2.45) is 0 Å². The van der Waals surface area contributed by atoms with Crippen LogP contribution in [0.4, 0.5) is 0 Å². The van der Waals surface area contributed by atoms with Gasteiger partial charge in [0, 0.05) is 15.6 Å². The maximum Gasteiger partial charge on any atom is 0.277 e. The molecule has 22 heavy (non-hydrogen) atoms. The highest BCUT2D eigenvalue weighted by Gasteiger charge is 2.15. The molecular formula is C15H11Cl2N3O2. The molecule has 1 heterocycles. The maximum absolute atomic E-state index is 12.3. The maximum atomic E-state index is 12.3. The van der Waals surface area contributed by atoms with E-state index >= 15 is 0 Å². The molecule has 0 spiro atoms. The summed E-state index contributed by atoms with van der Waals surface area (Å²) in [6.07, 6.45) is -1.01. The Morgan fingerprint density at radius 2 is 1.95 bits per heavy atom. The van der Waals surface area contributed by atoms with Gasteiger partial charge in [0.25, 0.3) is 5.56 Å². The van der Waals surface area contributed by atoms with Gasteiger partial charge in [-0.25, -0.2) is 4.68 Å². The Kier molecular flexibility index (Phi) is 4.11. The van der Waals surface area contributed by atoms with Crippen molar-refractivity contribution >= 4 is 34.1 Å². The summed E-state index contributed by atoms with van der Waals surface area (Å²) in [6, 6.07) is 11.7. The first-order valence-corrected chi connectivity index (χ1v) is 7.27. The first-order chi connectivity index (χ1) is 10.6. The molecule has 112 valence electrons. The van der Waals surface area contributed by atoms with Crippen LogP contribution < -0.4 is 5.56 Å². The number of aliphatic hydroxyl groups excluding tert-OH is 1. The first kappa shape index (κ1) is 15.0. The number of nitrogens with zero attached hydrogens (tertiary/aromatic N) is 3.